The molecule has 134 valence electrons. The summed E-state index contributed by atoms with van der Waals surface area (Å²) in [6, 6.07) is 12.1. The minimum atomic E-state index is -0.493. The van der Waals surface area contributed by atoms with Crippen molar-refractivity contribution in [1.29, 1.82) is 0 Å². The van der Waals surface area contributed by atoms with Crippen molar-refractivity contribution in [3.63, 3.8) is 0 Å². The second kappa shape index (κ2) is 7.76. The maximum Gasteiger partial charge on any atom is 0.350 e. The Bertz CT molecular complexity index is 962. The lowest BCUT2D eigenvalue weighted by molar-refractivity contribution is 0.0477. The van der Waals surface area contributed by atoms with Crippen molar-refractivity contribution >= 4 is 45.0 Å². The molecule has 2 aromatic carbocycles. The predicted octanol–water partition coefficient (Wildman–Crippen LogP) is 4.71. The molecule has 3 rings (SSSR count). The SMILES string of the molecule is COC(=O)c1ccc(COC(=O)c2sc3cc(OC)ccc3c2Cl)cc1. The van der Waals surface area contributed by atoms with Crippen LogP contribution in [0.3, 0.4) is 0 Å². The van der Waals surface area contributed by atoms with Gasteiger partial charge in [0.25, 0.3) is 0 Å². The number of hydrogen-bond donors (Lipinski definition) is 0. The van der Waals surface area contributed by atoms with Crippen LogP contribution < -0.4 is 4.74 Å². The fourth-order valence-electron chi connectivity index (χ4n) is 2.37. The fourth-order valence-corrected chi connectivity index (χ4v) is 3.80. The van der Waals surface area contributed by atoms with E-state index in [1.54, 1.807) is 37.4 Å². The molecule has 0 bridgehead atoms. The summed E-state index contributed by atoms with van der Waals surface area (Å²) in [6.45, 7) is 0.0776. The smallest absolute Gasteiger partial charge is 0.350 e. The van der Waals surface area contributed by atoms with E-state index < -0.39 is 11.9 Å². The lowest BCUT2D eigenvalue weighted by atomic mass is 10.1. The highest BCUT2D eigenvalue weighted by Gasteiger charge is 2.19. The number of rotatable bonds is 5. The topological polar surface area (TPSA) is 61.8 Å². The molecular weight excluding hydrogens is 376 g/mol. The van der Waals surface area contributed by atoms with E-state index in [1.165, 1.54) is 18.4 Å². The third-order valence-corrected chi connectivity index (χ3v) is 5.40. The number of fused-ring (bicyclic) bond motifs is 1. The summed E-state index contributed by atoms with van der Waals surface area (Å²) >= 11 is 7.58. The van der Waals surface area contributed by atoms with E-state index >= 15 is 0 Å². The van der Waals surface area contributed by atoms with Crippen molar-refractivity contribution in [2.75, 3.05) is 14.2 Å². The molecule has 1 heterocycles. The first-order valence-corrected chi connectivity index (χ1v) is 8.83. The summed E-state index contributed by atoms with van der Waals surface area (Å²) in [5, 5.41) is 1.16. The average Bonchev–Trinajstić information content (AvgIpc) is 3.01. The van der Waals surface area contributed by atoms with Gasteiger partial charge < -0.3 is 14.2 Å². The summed E-state index contributed by atoms with van der Waals surface area (Å²) in [5.41, 5.74) is 1.19. The van der Waals surface area contributed by atoms with Crippen LogP contribution in [0.5, 0.6) is 5.75 Å². The van der Waals surface area contributed by atoms with Gasteiger partial charge in [-0.1, -0.05) is 23.7 Å². The molecule has 0 aliphatic heterocycles. The molecule has 5 nitrogen and oxygen atoms in total. The number of carbonyl (C=O) groups excluding carboxylic acids is 2. The molecule has 0 amide bonds. The minimum absolute atomic E-state index is 0.0776. The van der Waals surface area contributed by atoms with Crippen molar-refractivity contribution in [1.82, 2.24) is 0 Å². The van der Waals surface area contributed by atoms with E-state index in [2.05, 4.69) is 4.74 Å². The number of esters is 2. The normalized spacial score (nSPS) is 10.6. The predicted molar refractivity (Wildman–Crippen MR) is 100 cm³/mol. The highest BCUT2D eigenvalue weighted by Crippen LogP contribution is 2.37. The zero-order valence-electron chi connectivity index (χ0n) is 14.1. The summed E-state index contributed by atoms with van der Waals surface area (Å²) in [6.07, 6.45) is 0. The molecule has 0 saturated carbocycles. The van der Waals surface area contributed by atoms with Gasteiger partial charge in [-0.3, -0.25) is 0 Å². The average molecular weight is 391 g/mol. The fraction of sp³-hybridized carbons (Fsp3) is 0.158. The van der Waals surface area contributed by atoms with Gasteiger partial charge in [0.05, 0.1) is 24.8 Å². The van der Waals surface area contributed by atoms with E-state index in [-0.39, 0.29) is 6.61 Å². The van der Waals surface area contributed by atoms with E-state index in [0.29, 0.717) is 21.2 Å². The van der Waals surface area contributed by atoms with Crippen LogP contribution in [-0.4, -0.2) is 26.2 Å². The van der Waals surface area contributed by atoms with Crippen LogP contribution in [0, 0.1) is 0 Å². The van der Waals surface area contributed by atoms with E-state index in [4.69, 9.17) is 21.1 Å². The second-order valence-electron chi connectivity index (χ2n) is 5.37. The maximum atomic E-state index is 12.4. The quantitative estimate of drug-likeness (QED) is 0.590. The Morgan fingerprint density at radius 3 is 2.42 bits per heavy atom. The Morgan fingerprint density at radius 1 is 1.04 bits per heavy atom. The zero-order chi connectivity index (χ0) is 18.7. The molecule has 0 aliphatic carbocycles. The second-order valence-corrected chi connectivity index (χ2v) is 6.80. The van der Waals surface area contributed by atoms with Crippen molar-refractivity contribution in [2.45, 2.75) is 6.61 Å². The first kappa shape index (κ1) is 18.2. The molecular formula is C19H15ClO5S. The van der Waals surface area contributed by atoms with Gasteiger partial charge in [-0.15, -0.1) is 11.3 Å². The maximum absolute atomic E-state index is 12.4. The molecule has 3 aromatic rings. The summed E-state index contributed by atoms with van der Waals surface area (Å²) in [4.78, 5) is 24.1. The van der Waals surface area contributed by atoms with Gasteiger partial charge in [0.15, 0.2) is 0 Å². The molecule has 0 N–H and O–H groups in total. The van der Waals surface area contributed by atoms with Gasteiger partial charge in [0.1, 0.15) is 17.2 Å². The number of halogens is 1. The van der Waals surface area contributed by atoms with Crippen molar-refractivity contribution in [3.05, 3.63) is 63.5 Å². The lowest BCUT2D eigenvalue weighted by Crippen LogP contribution is -2.05. The van der Waals surface area contributed by atoms with Gasteiger partial charge in [0, 0.05) is 10.1 Å². The van der Waals surface area contributed by atoms with Crippen LogP contribution in [0.25, 0.3) is 10.1 Å². The Morgan fingerprint density at radius 2 is 1.77 bits per heavy atom. The number of benzene rings is 2. The summed E-state index contributed by atoms with van der Waals surface area (Å²) < 4.78 is 16.0. The third kappa shape index (κ3) is 3.66. The number of ether oxygens (including phenoxy) is 3. The van der Waals surface area contributed by atoms with Crippen LogP contribution in [0.2, 0.25) is 5.02 Å². The molecule has 0 aliphatic rings. The van der Waals surface area contributed by atoms with Gasteiger partial charge in [-0.2, -0.15) is 0 Å². The number of thiophene rings is 1. The summed E-state index contributed by atoms with van der Waals surface area (Å²) in [5.74, 6) is -0.214. The lowest BCUT2D eigenvalue weighted by Gasteiger charge is -2.05. The van der Waals surface area contributed by atoms with Crippen LogP contribution in [0.1, 0.15) is 25.6 Å². The molecule has 0 saturated heterocycles. The number of methoxy groups -OCH3 is 2. The van der Waals surface area contributed by atoms with Crippen LogP contribution >= 0.6 is 22.9 Å². The van der Waals surface area contributed by atoms with Crippen molar-refractivity contribution in [2.24, 2.45) is 0 Å². The third-order valence-electron chi connectivity index (χ3n) is 3.77. The van der Waals surface area contributed by atoms with Crippen molar-refractivity contribution < 1.29 is 23.8 Å². The zero-order valence-corrected chi connectivity index (χ0v) is 15.6. The first-order chi connectivity index (χ1) is 12.5. The largest absolute Gasteiger partial charge is 0.497 e. The minimum Gasteiger partial charge on any atom is -0.497 e. The van der Waals surface area contributed by atoms with E-state index in [0.717, 1.165) is 15.6 Å². The molecule has 1 aromatic heterocycles. The van der Waals surface area contributed by atoms with Crippen LogP contribution in [0.4, 0.5) is 0 Å². The molecule has 0 fully saturated rings. The highest BCUT2D eigenvalue weighted by molar-refractivity contribution is 7.21. The molecule has 0 unspecified atom stereocenters. The van der Waals surface area contributed by atoms with E-state index in [1.807, 2.05) is 12.1 Å². The van der Waals surface area contributed by atoms with Gasteiger partial charge in [0.2, 0.25) is 0 Å². The number of hydrogen-bond acceptors (Lipinski definition) is 6. The molecule has 0 atom stereocenters. The monoisotopic (exact) mass is 390 g/mol. The molecule has 26 heavy (non-hydrogen) atoms. The summed E-state index contributed by atoms with van der Waals surface area (Å²) in [7, 11) is 2.90. The standard InChI is InChI=1S/C19H15ClO5S/c1-23-13-7-8-14-15(9-13)26-17(16(14)20)19(22)25-10-11-3-5-12(6-4-11)18(21)24-2/h3-9H,10H2,1-2H3. The van der Waals surface area contributed by atoms with Crippen LogP contribution in [0.15, 0.2) is 42.5 Å². The Kier molecular flexibility index (Phi) is 5.44. The number of carbonyl (C=O) groups is 2. The Hall–Kier alpha value is -2.57. The molecule has 0 spiro atoms. The highest BCUT2D eigenvalue weighted by atomic mass is 35.5. The Labute approximate surface area is 159 Å². The molecule has 0 radical (unpaired) electrons. The van der Waals surface area contributed by atoms with E-state index in [9.17, 15) is 9.59 Å². The van der Waals surface area contributed by atoms with Gasteiger partial charge in [-0.05, 0) is 35.9 Å². The Balaban J connectivity index is 1.73. The van der Waals surface area contributed by atoms with Crippen molar-refractivity contribution in [3.8, 4) is 5.75 Å². The molecule has 7 heteroatoms. The first-order valence-electron chi connectivity index (χ1n) is 7.64. The van der Waals surface area contributed by atoms with Gasteiger partial charge in [-0.25, -0.2) is 9.59 Å². The van der Waals surface area contributed by atoms with Crippen LogP contribution in [-0.2, 0) is 16.1 Å². The van der Waals surface area contributed by atoms with Gasteiger partial charge >= 0.3 is 11.9 Å².